The van der Waals surface area contributed by atoms with E-state index in [1.807, 2.05) is 20.0 Å². The molecule has 0 bridgehead atoms. The van der Waals surface area contributed by atoms with Gasteiger partial charge in [0.05, 0.1) is 23.6 Å². The molecule has 2 aromatic carbocycles. The van der Waals surface area contributed by atoms with Gasteiger partial charge >= 0.3 is 6.09 Å². The van der Waals surface area contributed by atoms with Crippen LogP contribution in [0.3, 0.4) is 0 Å². The molecule has 0 spiro atoms. The summed E-state index contributed by atoms with van der Waals surface area (Å²) < 4.78 is 20.8. The minimum Gasteiger partial charge on any atom is -0.447 e. The fraction of sp³-hybridized carbons (Fsp3) is 0.455. The molecule has 3 fully saturated rings. The third-order valence-electron chi connectivity index (χ3n) is 8.78. The highest BCUT2D eigenvalue weighted by atomic mass is 19.1. The van der Waals surface area contributed by atoms with Crippen LogP contribution in [0.2, 0.25) is 0 Å². The maximum atomic E-state index is 13.7. The summed E-state index contributed by atoms with van der Waals surface area (Å²) in [4.78, 5) is 27.4. The van der Waals surface area contributed by atoms with Crippen LogP contribution in [0.25, 0.3) is 16.8 Å². The van der Waals surface area contributed by atoms with Crippen LogP contribution in [0.1, 0.15) is 75.5 Å². The highest BCUT2D eigenvalue weighted by Crippen LogP contribution is 2.43. The number of nitrogens with zero attached hydrogens (tertiary/aromatic N) is 4. The van der Waals surface area contributed by atoms with Crippen molar-refractivity contribution < 1.29 is 18.7 Å². The Kier molecular flexibility index (Phi) is 7.48. The normalized spacial score (nSPS) is 21.4. The molecule has 1 aliphatic heterocycles. The number of halogens is 1. The van der Waals surface area contributed by atoms with E-state index in [0.717, 1.165) is 53.8 Å². The molecule has 1 unspecified atom stereocenters. The van der Waals surface area contributed by atoms with Crippen LogP contribution in [-0.2, 0) is 9.53 Å². The van der Waals surface area contributed by atoms with Gasteiger partial charge in [0.15, 0.2) is 0 Å². The Hall–Kier alpha value is -4.19. The van der Waals surface area contributed by atoms with Crippen molar-refractivity contribution in [1.29, 1.82) is 5.26 Å². The highest BCUT2D eigenvalue weighted by molar-refractivity contribution is 5.82. The van der Waals surface area contributed by atoms with Gasteiger partial charge in [-0.2, -0.15) is 10.4 Å². The number of likely N-dealkylation sites (tertiary alicyclic amines) is 1. The van der Waals surface area contributed by atoms with Crippen LogP contribution >= 0.6 is 0 Å². The first kappa shape index (κ1) is 28.0. The van der Waals surface area contributed by atoms with Crippen LogP contribution in [0.4, 0.5) is 9.18 Å². The minimum atomic E-state index is -0.714. The summed E-state index contributed by atoms with van der Waals surface area (Å²) >= 11 is 0. The third-order valence-corrected chi connectivity index (χ3v) is 8.78. The average Bonchev–Trinajstić information content (AvgIpc) is 3.59. The van der Waals surface area contributed by atoms with E-state index in [1.54, 1.807) is 21.7 Å². The van der Waals surface area contributed by atoms with Gasteiger partial charge in [-0.05, 0) is 74.9 Å². The zero-order valence-corrected chi connectivity index (χ0v) is 24.1. The zero-order valence-electron chi connectivity index (χ0n) is 24.1. The predicted octanol–water partition coefficient (Wildman–Crippen LogP) is 6.07. The molecule has 2 saturated carbocycles. The van der Waals surface area contributed by atoms with Crippen LogP contribution in [0.15, 0.2) is 54.7 Å². The number of carbonyl (C=O) groups excluding carboxylic acids is 2. The number of hydrogen-bond donors (Lipinski definition) is 1. The van der Waals surface area contributed by atoms with Gasteiger partial charge in [-0.25, -0.2) is 13.9 Å². The second-order valence-corrected chi connectivity index (χ2v) is 12.2. The number of rotatable bonds is 7. The van der Waals surface area contributed by atoms with Gasteiger partial charge in [0.25, 0.3) is 0 Å². The number of amides is 2. The molecule has 3 aliphatic rings. The van der Waals surface area contributed by atoms with Gasteiger partial charge in [-0.3, -0.25) is 4.79 Å². The lowest BCUT2D eigenvalue weighted by atomic mass is 9.75. The van der Waals surface area contributed by atoms with Gasteiger partial charge in [0.1, 0.15) is 11.4 Å². The molecule has 2 amide bonds. The summed E-state index contributed by atoms with van der Waals surface area (Å²) in [5.74, 6) is -0.504. The second-order valence-electron chi connectivity index (χ2n) is 12.2. The first-order valence-electron chi connectivity index (χ1n) is 14.9. The Morgan fingerprint density at radius 2 is 1.76 bits per heavy atom. The topological polar surface area (TPSA) is 100 Å². The minimum absolute atomic E-state index is 0.0677. The Morgan fingerprint density at radius 3 is 2.40 bits per heavy atom. The number of carbonyl (C=O) groups is 2. The lowest BCUT2D eigenvalue weighted by Gasteiger charge is -2.39. The third kappa shape index (κ3) is 5.63. The average molecular weight is 570 g/mol. The Labute approximate surface area is 245 Å². The Bertz CT molecular complexity index is 1500. The lowest BCUT2D eigenvalue weighted by molar-refractivity contribution is -0.127. The van der Waals surface area contributed by atoms with Crippen LogP contribution in [0, 0.1) is 23.1 Å². The molecule has 3 aromatic rings. The maximum Gasteiger partial charge on any atom is 0.410 e. The van der Waals surface area contributed by atoms with Crippen molar-refractivity contribution in [3.8, 4) is 22.9 Å². The van der Waals surface area contributed by atoms with Gasteiger partial charge in [0.2, 0.25) is 5.91 Å². The molecule has 42 heavy (non-hydrogen) atoms. The van der Waals surface area contributed by atoms with E-state index in [9.17, 15) is 19.2 Å². The number of benzene rings is 2. The van der Waals surface area contributed by atoms with E-state index >= 15 is 0 Å². The summed E-state index contributed by atoms with van der Waals surface area (Å²) in [5.41, 5.74) is 3.95. The van der Waals surface area contributed by atoms with Crippen molar-refractivity contribution in [1.82, 2.24) is 20.0 Å². The summed E-state index contributed by atoms with van der Waals surface area (Å²) in [6.45, 7) is 4.94. The van der Waals surface area contributed by atoms with Gasteiger partial charge in [-0.15, -0.1) is 0 Å². The van der Waals surface area contributed by atoms with Gasteiger partial charge in [0, 0.05) is 42.6 Å². The molecule has 1 aromatic heterocycles. The summed E-state index contributed by atoms with van der Waals surface area (Å²) in [5, 5.41) is 17.6. The Morgan fingerprint density at radius 1 is 1.07 bits per heavy atom. The molecule has 2 atom stereocenters. The fourth-order valence-electron chi connectivity index (χ4n) is 6.15. The van der Waals surface area contributed by atoms with E-state index in [-0.39, 0.29) is 41.7 Å². The van der Waals surface area contributed by atoms with Crippen LogP contribution in [0.5, 0.6) is 0 Å². The van der Waals surface area contributed by atoms with Gasteiger partial charge in [-0.1, -0.05) is 37.1 Å². The molecule has 2 heterocycles. The fourth-order valence-corrected chi connectivity index (χ4v) is 6.15. The zero-order chi connectivity index (χ0) is 29.4. The molecular formula is C33H36FN5O3. The summed E-state index contributed by atoms with van der Waals surface area (Å²) in [7, 11) is 0. The molecular weight excluding hydrogens is 533 g/mol. The van der Waals surface area contributed by atoms with Crippen molar-refractivity contribution >= 4 is 12.0 Å². The predicted molar refractivity (Wildman–Crippen MR) is 155 cm³/mol. The number of ether oxygens (including phenoxy) is 1. The van der Waals surface area contributed by atoms with Crippen LogP contribution in [-0.4, -0.2) is 51.4 Å². The SMILES string of the molecule is CC(C)OC(=O)N1CC(c2ccc(-c3cn(-c4ccc(F)cc4)nc3C3CCCC[C@H]3C(=O)NC3(C#N)CC3)cc2)C1. The van der Waals surface area contributed by atoms with Crippen molar-refractivity contribution in [2.75, 3.05) is 13.1 Å². The van der Waals surface area contributed by atoms with Crippen LogP contribution < -0.4 is 5.32 Å². The summed E-state index contributed by atoms with van der Waals surface area (Å²) in [6, 6.07) is 16.8. The first-order valence-corrected chi connectivity index (χ1v) is 14.9. The molecule has 218 valence electrons. The van der Waals surface area contributed by atoms with E-state index in [4.69, 9.17) is 9.84 Å². The van der Waals surface area contributed by atoms with E-state index in [2.05, 4.69) is 35.7 Å². The van der Waals surface area contributed by atoms with Crippen molar-refractivity contribution in [2.24, 2.45) is 5.92 Å². The smallest absolute Gasteiger partial charge is 0.410 e. The molecule has 0 radical (unpaired) electrons. The summed E-state index contributed by atoms with van der Waals surface area (Å²) in [6.07, 6.45) is 6.47. The van der Waals surface area contributed by atoms with E-state index in [0.29, 0.717) is 25.9 Å². The molecule has 1 saturated heterocycles. The van der Waals surface area contributed by atoms with Crippen molar-refractivity contribution in [3.63, 3.8) is 0 Å². The monoisotopic (exact) mass is 569 g/mol. The quantitative estimate of drug-likeness (QED) is 0.372. The first-order chi connectivity index (χ1) is 20.2. The maximum absolute atomic E-state index is 13.7. The second kappa shape index (κ2) is 11.2. The highest BCUT2D eigenvalue weighted by Gasteiger charge is 2.47. The number of nitrogens with one attached hydrogen (secondary N) is 1. The number of nitriles is 1. The van der Waals surface area contributed by atoms with E-state index in [1.165, 1.54) is 12.1 Å². The van der Waals surface area contributed by atoms with Crippen molar-refractivity contribution in [2.45, 2.75) is 75.9 Å². The molecule has 8 nitrogen and oxygen atoms in total. The molecule has 9 heteroatoms. The standard InChI is InChI=1S/C33H36FN5O3/c1-21(2)42-32(41)38-17-24(18-38)22-7-9-23(10-8-22)29-19-39(26-13-11-25(34)12-14-26)37-30(29)27-5-3-4-6-28(27)31(40)36-33(20-35)15-16-33/h7-14,19,21,24,27-28H,3-6,15-18H2,1-2H3,(H,36,40)/t27?,28-/m1/s1. The molecule has 1 N–H and O–H groups in total. The molecule has 6 rings (SSSR count). The lowest BCUT2D eigenvalue weighted by Crippen LogP contribution is -2.49. The Balaban J connectivity index is 1.28. The molecule has 2 aliphatic carbocycles. The number of aromatic nitrogens is 2. The van der Waals surface area contributed by atoms with Gasteiger partial charge < -0.3 is 15.0 Å². The largest absolute Gasteiger partial charge is 0.447 e. The van der Waals surface area contributed by atoms with E-state index < -0.39 is 5.54 Å². The number of hydrogen-bond acceptors (Lipinski definition) is 5. The van der Waals surface area contributed by atoms with Crippen molar-refractivity contribution in [3.05, 3.63) is 71.8 Å².